The van der Waals surface area contributed by atoms with E-state index in [9.17, 15) is 8.42 Å². The number of rotatable bonds is 3. The van der Waals surface area contributed by atoms with Gasteiger partial charge in [-0.3, -0.25) is 9.97 Å². The zero-order chi connectivity index (χ0) is 16.4. The molecule has 3 aromatic rings. The standard InChI is InChI=1S/C17H13ClN2O2S/c1-23(21,22)14-10-12(9-13(18)11-14)15-5-4-8-20-17(15)16-6-2-3-7-19-16/h2-11H,1H3. The minimum atomic E-state index is -3.35. The molecule has 116 valence electrons. The second-order valence-corrected chi connectivity index (χ2v) is 7.51. The first kappa shape index (κ1) is 15.6. The van der Waals surface area contributed by atoms with Crippen LogP contribution in [0.1, 0.15) is 0 Å². The topological polar surface area (TPSA) is 59.9 Å². The third-order valence-electron chi connectivity index (χ3n) is 3.33. The van der Waals surface area contributed by atoms with Gasteiger partial charge >= 0.3 is 0 Å². The van der Waals surface area contributed by atoms with Crippen molar-refractivity contribution >= 4 is 21.4 Å². The van der Waals surface area contributed by atoms with Crippen molar-refractivity contribution in [2.75, 3.05) is 6.26 Å². The SMILES string of the molecule is CS(=O)(=O)c1cc(Cl)cc(-c2cccnc2-c2ccccn2)c1. The number of halogens is 1. The molecule has 0 aliphatic heterocycles. The first-order chi connectivity index (χ1) is 10.9. The maximum absolute atomic E-state index is 11.8. The van der Waals surface area contributed by atoms with Crippen LogP contribution in [0.2, 0.25) is 5.02 Å². The number of aromatic nitrogens is 2. The maximum Gasteiger partial charge on any atom is 0.175 e. The van der Waals surface area contributed by atoms with E-state index < -0.39 is 9.84 Å². The van der Waals surface area contributed by atoms with E-state index in [1.165, 1.54) is 6.07 Å². The van der Waals surface area contributed by atoms with Gasteiger partial charge in [0.15, 0.2) is 9.84 Å². The second kappa shape index (κ2) is 6.10. The van der Waals surface area contributed by atoms with Gasteiger partial charge in [-0.25, -0.2) is 8.42 Å². The predicted octanol–water partition coefficient (Wildman–Crippen LogP) is 3.87. The van der Waals surface area contributed by atoms with E-state index in [4.69, 9.17) is 11.6 Å². The Hall–Kier alpha value is -2.24. The van der Waals surface area contributed by atoms with Crippen molar-refractivity contribution in [3.8, 4) is 22.5 Å². The number of hydrogen-bond donors (Lipinski definition) is 0. The summed E-state index contributed by atoms with van der Waals surface area (Å²) < 4.78 is 23.7. The van der Waals surface area contributed by atoms with Crippen LogP contribution in [0, 0.1) is 0 Å². The van der Waals surface area contributed by atoms with Crippen LogP contribution < -0.4 is 0 Å². The van der Waals surface area contributed by atoms with E-state index >= 15 is 0 Å². The third kappa shape index (κ3) is 3.41. The van der Waals surface area contributed by atoms with Crippen molar-refractivity contribution in [1.82, 2.24) is 9.97 Å². The van der Waals surface area contributed by atoms with Crippen LogP contribution in [-0.2, 0) is 9.84 Å². The maximum atomic E-state index is 11.8. The van der Waals surface area contributed by atoms with Gasteiger partial charge in [0.2, 0.25) is 0 Å². The summed E-state index contributed by atoms with van der Waals surface area (Å²) in [6.45, 7) is 0. The van der Waals surface area contributed by atoms with Gasteiger partial charge < -0.3 is 0 Å². The monoisotopic (exact) mass is 344 g/mol. The number of hydrogen-bond acceptors (Lipinski definition) is 4. The van der Waals surface area contributed by atoms with Gasteiger partial charge in [-0.1, -0.05) is 23.7 Å². The molecule has 0 amide bonds. The molecule has 23 heavy (non-hydrogen) atoms. The molecule has 3 rings (SSSR count). The largest absolute Gasteiger partial charge is 0.255 e. The molecule has 4 nitrogen and oxygen atoms in total. The van der Waals surface area contributed by atoms with Crippen LogP contribution >= 0.6 is 11.6 Å². The van der Waals surface area contributed by atoms with E-state index in [0.29, 0.717) is 22.0 Å². The zero-order valence-electron chi connectivity index (χ0n) is 12.3. The van der Waals surface area contributed by atoms with Gasteiger partial charge in [-0.2, -0.15) is 0 Å². The third-order valence-corrected chi connectivity index (χ3v) is 4.64. The lowest BCUT2D eigenvalue weighted by Crippen LogP contribution is -1.98. The number of sulfone groups is 1. The van der Waals surface area contributed by atoms with E-state index in [2.05, 4.69) is 9.97 Å². The highest BCUT2D eigenvalue weighted by molar-refractivity contribution is 7.90. The Morgan fingerprint density at radius 1 is 0.957 bits per heavy atom. The summed E-state index contributed by atoms with van der Waals surface area (Å²) in [7, 11) is -3.35. The van der Waals surface area contributed by atoms with Gasteiger partial charge in [0.1, 0.15) is 0 Å². The summed E-state index contributed by atoms with van der Waals surface area (Å²) in [6.07, 6.45) is 4.52. The lowest BCUT2D eigenvalue weighted by atomic mass is 10.0. The van der Waals surface area contributed by atoms with Crippen LogP contribution in [-0.4, -0.2) is 24.6 Å². The van der Waals surface area contributed by atoms with Gasteiger partial charge in [-0.15, -0.1) is 0 Å². The Labute approximate surface area is 139 Å². The fourth-order valence-corrected chi connectivity index (χ4v) is 3.26. The highest BCUT2D eigenvalue weighted by atomic mass is 35.5. The molecule has 0 N–H and O–H groups in total. The Morgan fingerprint density at radius 2 is 1.74 bits per heavy atom. The molecule has 0 aliphatic carbocycles. The summed E-state index contributed by atoms with van der Waals surface area (Å²) in [4.78, 5) is 8.88. The van der Waals surface area contributed by atoms with Gasteiger partial charge in [-0.05, 0) is 42.0 Å². The second-order valence-electron chi connectivity index (χ2n) is 5.06. The normalized spacial score (nSPS) is 11.4. The summed E-state index contributed by atoms with van der Waals surface area (Å²) in [6, 6.07) is 14.0. The lowest BCUT2D eigenvalue weighted by Gasteiger charge is -2.10. The summed E-state index contributed by atoms with van der Waals surface area (Å²) in [5.41, 5.74) is 2.85. The molecule has 0 atom stereocenters. The number of benzene rings is 1. The molecule has 0 bridgehead atoms. The number of nitrogens with zero attached hydrogens (tertiary/aromatic N) is 2. The molecule has 0 saturated heterocycles. The Bertz CT molecular complexity index is 957. The van der Waals surface area contributed by atoms with Crippen molar-refractivity contribution in [3.05, 3.63) is 65.9 Å². The van der Waals surface area contributed by atoms with E-state index in [-0.39, 0.29) is 4.90 Å². The molecule has 0 saturated carbocycles. The quantitative estimate of drug-likeness (QED) is 0.723. The average molecular weight is 345 g/mol. The average Bonchev–Trinajstić information content (AvgIpc) is 2.54. The molecule has 2 aromatic heterocycles. The molecule has 0 aliphatic rings. The molecule has 0 fully saturated rings. The Morgan fingerprint density at radius 3 is 2.43 bits per heavy atom. The first-order valence-corrected chi connectivity index (χ1v) is 9.09. The molecule has 0 radical (unpaired) electrons. The van der Waals surface area contributed by atoms with Crippen LogP contribution in [0.15, 0.2) is 65.8 Å². The van der Waals surface area contributed by atoms with Crippen LogP contribution in [0.3, 0.4) is 0 Å². The summed E-state index contributed by atoms with van der Waals surface area (Å²) in [5.74, 6) is 0. The predicted molar refractivity (Wildman–Crippen MR) is 91.0 cm³/mol. The van der Waals surface area contributed by atoms with Crippen molar-refractivity contribution in [1.29, 1.82) is 0 Å². The highest BCUT2D eigenvalue weighted by Crippen LogP contribution is 2.32. The lowest BCUT2D eigenvalue weighted by molar-refractivity contribution is 0.602. The fraction of sp³-hybridized carbons (Fsp3) is 0.0588. The zero-order valence-corrected chi connectivity index (χ0v) is 13.8. The molecule has 6 heteroatoms. The smallest absolute Gasteiger partial charge is 0.175 e. The first-order valence-electron chi connectivity index (χ1n) is 6.82. The van der Waals surface area contributed by atoms with Gasteiger partial charge in [0.25, 0.3) is 0 Å². The van der Waals surface area contributed by atoms with Crippen molar-refractivity contribution < 1.29 is 8.42 Å². The van der Waals surface area contributed by atoms with Gasteiger partial charge in [0.05, 0.1) is 16.3 Å². The van der Waals surface area contributed by atoms with E-state index in [1.54, 1.807) is 30.6 Å². The molecular formula is C17H13ClN2O2S. The number of pyridine rings is 2. The van der Waals surface area contributed by atoms with Crippen LogP contribution in [0.5, 0.6) is 0 Å². The Balaban J connectivity index is 2.23. The highest BCUT2D eigenvalue weighted by Gasteiger charge is 2.14. The van der Waals surface area contributed by atoms with Crippen molar-refractivity contribution in [2.24, 2.45) is 0 Å². The fourth-order valence-electron chi connectivity index (χ4n) is 2.28. The summed E-state index contributed by atoms with van der Waals surface area (Å²) >= 11 is 6.10. The van der Waals surface area contributed by atoms with E-state index in [0.717, 1.165) is 11.8 Å². The van der Waals surface area contributed by atoms with Gasteiger partial charge in [0, 0.05) is 29.2 Å². The minimum Gasteiger partial charge on any atom is -0.255 e. The Kier molecular flexibility index (Phi) is 4.15. The molecule has 1 aromatic carbocycles. The van der Waals surface area contributed by atoms with Crippen LogP contribution in [0.25, 0.3) is 22.5 Å². The molecule has 0 spiro atoms. The van der Waals surface area contributed by atoms with Crippen molar-refractivity contribution in [3.63, 3.8) is 0 Å². The molecule has 2 heterocycles. The molecule has 0 unspecified atom stereocenters. The van der Waals surface area contributed by atoms with E-state index in [1.807, 2.05) is 24.3 Å². The van der Waals surface area contributed by atoms with Crippen LogP contribution in [0.4, 0.5) is 0 Å². The minimum absolute atomic E-state index is 0.177. The van der Waals surface area contributed by atoms with Crippen molar-refractivity contribution in [2.45, 2.75) is 4.90 Å². The molecular weight excluding hydrogens is 332 g/mol. The summed E-state index contributed by atoms with van der Waals surface area (Å²) in [5, 5.41) is 0.360.